The number of aryl methyl sites for hydroxylation is 1. The highest BCUT2D eigenvalue weighted by Crippen LogP contribution is 2.39. The summed E-state index contributed by atoms with van der Waals surface area (Å²) in [6, 6.07) is 18.2. The Labute approximate surface area is 158 Å². The summed E-state index contributed by atoms with van der Waals surface area (Å²) >= 11 is 0. The molecular weight excluding hydrogens is 338 g/mol. The Balaban J connectivity index is 2.01. The lowest BCUT2D eigenvalue weighted by atomic mass is 9.92. The lowest BCUT2D eigenvalue weighted by Crippen LogP contribution is -2.44. The van der Waals surface area contributed by atoms with Crippen molar-refractivity contribution in [2.75, 3.05) is 20.0 Å². The molecule has 0 atom stereocenters. The number of nitrogen functional groups attached to an aromatic ring is 1. The van der Waals surface area contributed by atoms with Crippen LogP contribution in [0.3, 0.4) is 0 Å². The Morgan fingerprint density at radius 3 is 2.37 bits per heavy atom. The van der Waals surface area contributed by atoms with Crippen molar-refractivity contribution in [3.05, 3.63) is 59.7 Å². The van der Waals surface area contributed by atoms with Gasteiger partial charge in [0.05, 0.1) is 20.8 Å². The number of aromatic nitrogens is 1. The second-order valence-electron chi connectivity index (χ2n) is 6.45. The van der Waals surface area contributed by atoms with Gasteiger partial charge in [0.15, 0.2) is 11.5 Å². The number of hydrogen-bond donors (Lipinski definition) is 1. The quantitative estimate of drug-likeness (QED) is 0.729. The molecule has 0 amide bonds. The summed E-state index contributed by atoms with van der Waals surface area (Å²) in [5.41, 5.74) is 11.9. The van der Waals surface area contributed by atoms with E-state index >= 15 is 0 Å². The number of nitriles is 1. The average Bonchev–Trinajstić information content (AvgIpc) is 2.72. The van der Waals surface area contributed by atoms with Crippen molar-refractivity contribution in [3.63, 3.8) is 0 Å². The van der Waals surface area contributed by atoms with E-state index in [1.54, 1.807) is 14.2 Å². The first-order valence-electron chi connectivity index (χ1n) is 8.75. The molecule has 0 saturated heterocycles. The first kappa shape index (κ1) is 16.9. The van der Waals surface area contributed by atoms with Crippen molar-refractivity contribution in [1.29, 1.82) is 5.26 Å². The van der Waals surface area contributed by atoms with E-state index in [-0.39, 0.29) is 0 Å². The van der Waals surface area contributed by atoms with Gasteiger partial charge in [0.25, 0.3) is 5.82 Å². The van der Waals surface area contributed by atoms with Crippen LogP contribution in [0, 0.1) is 11.3 Å². The summed E-state index contributed by atoms with van der Waals surface area (Å²) in [7, 11) is 3.27. The van der Waals surface area contributed by atoms with Gasteiger partial charge in [0.1, 0.15) is 17.3 Å². The fraction of sp³-hybridized carbons (Fsp3) is 0.182. The van der Waals surface area contributed by atoms with Crippen LogP contribution in [0.1, 0.15) is 11.1 Å². The third-order valence-corrected chi connectivity index (χ3v) is 5.07. The number of methoxy groups -OCH3 is 2. The highest BCUT2D eigenvalue weighted by Gasteiger charge is 2.28. The maximum atomic E-state index is 9.73. The van der Waals surface area contributed by atoms with Crippen LogP contribution in [0.25, 0.3) is 22.4 Å². The molecule has 0 unspecified atom stereocenters. The van der Waals surface area contributed by atoms with Crippen LogP contribution in [0.5, 0.6) is 11.5 Å². The molecule has 0 radical (unpaired) electrons. The Morgan fingerprint density at radius 1 is 1.00 bits per heavy atom. The molecule has 0 spiro atoms. The van der Waals surface area contributed by atoms with Gasteiger partial charge in [-0.25, -0.2) is 4.57 Å². The molecular formula is C22H20N3O2+. The second kappa shape index (κ2) is 6.65. The molecule has 5 heteroatoms. The number of ether oxygens (including phenoxy) is 2. The van der Waals surface area contributed by atoms with E-state index in [2.05, 4.69) is 6.07 Å². The van der Waals surface area contributed by atoms with Crippen molar-refractivity contribution >= 4 is 5.82 Å². The smallest absolute Gasteiger partial charge is 0.291 e. The SMILES string of the molecule is COc1cc2c(cc1OC)-c1cc(-c3ccccc3)c(C#N)c(N)[n+]1CC2. The molecule has 2 aromatic carbocycles. The first-order chi connectivity index (χ1) is 13.2. The molecule has 4 rings (SSSR count). The van der Waals surface area contributed by atoms with Crippen LogP contribution in [0.4, 0.5) is 5.82 Å². The molecule has 2 heterocycles. The monoisotopic (exact) mass is 358 g/mol. The van der Waals surface area contributed by atoms with Crippen LogP contribution in [-0.2, 0) is 13.0 Å². The fourth-order valence-corrected chi connectivity index (χ4v) is 3.72. The number of nitrogens with zero attached hydrogens (tertiary/aromatic N) is 2. The Morgan fingerprint density at radius 2 is 1.70 bits per heavy atom. The van der Waals surface area contributed by atoms with Crippen molar-refractivity contribution < 1.29 is 14.0 Å². The van der Waals surface area contributed by atoms with Gasteiger partial charge in [-0.1, -0.05) is 30.3 Å². The van der Waals surface area contributed by atoms with E-state index in [9.17, 15) is 5.26 Å². The molecule has 27 heavy (non-hydrogen) atoms. The van der Waals surface area contributed by atoms with E-state index in [4.69, 9.17) is 15.2 Å². The number of hydrogen-bond acceptors (Lipinski definition) is 4. The van der Waals surface area contributed by atoms with Gasteiger partial charge in [-0.2, -0.15) is 5.26 Å². The van der Waals surface area contributed by atoms with Crippen LogP contribution < -0.4 is 19.8 Å². The zero-order chi connectivity index (χ0) is 19.0. The highest BCUT2D eigenvalue weighted by atomic mass is 16.5. The number of fused-ring (bicyclic) bond motifs is 3. The van der Waals surface area contributed by atoms with E-state index < -0.39 is 0 Å². The molecule has 2 N–H and O–H groups in total. The number of benzene rings is 2. The summed E-state index contributed by atoms with van der Waals surface area (Å²) in [4.78, 5) is 0. The lowest BCUT2D eigenvalue weighted by molar-refractivity contribution is -0.673. The number of pyridine rings is 1. The maximum absolute atomic E-state index is 9.73. The van der Waals surface area contributed by atoms with Gasteiger partial charge < -0.3 is 9.47 Å². The van der Waals surface area contributed by atoms with Gasteiger partial charge in [0, 0.05) is 17.5 Å². The third kappa shape index (κ3) is 2.67. The van der Waals surface area contributed by atoms with Crippen LogP contribution in [-0.4, -0.2) is 14.2 Å². The van der Waals surface area contributed by atoms with Crippen molar-refractivity contribution in [2.24, 2.45) is 0 Å². The molecule has 0 aliphatic carbocycles. The first-order valence-corrected chi connectivity index (χ1v) is 8.75. The summed E-state index contributed by atoms with van der Waals surface area (Å²) in [6.07, 6.45) is 0.813. The lowest BCUT2D eigenvalue weighted by Gasteiger charge is -2.22. The minimum Gasteiger partial charge on any atom is -0.493 e. The third-order valence-electron chi connectivity index (χ3n) is 5.07. The number of rotatable bonds is 3. The standard InChI is InChI=1S/C22H19N3O2/c1-26-20-10-15-8-9-25-19(17(15)12-21(20)27-2)11-16(18(13-23)22(25)24)14-6-4-3-5-7-14/h3-7,10-12,24H,8-9H2,1-2H3/p+1. The van der Waals surface area contributed by atoms with Crippen LogP contribution in [0.2, 0.25) is 0 Å². The molecule has 0 fully saturated rings. The van der Waals surface area contributed by atoms with Gasteiger partial charge >= 0.3 is 0 Å². The Hall–Kier alpha value is -3.52. The van der Waals surface area contributed by atoms with Crippen molar-refractivity contribution in [1.82, 2.24) is 0 Å². The van der Waals surface area contributed by atoms with Crippen LogP contribution >= 0.6 is 0 Å². The molecule has 1 aliphatic rings. The molecule has 0 saturated carbocycles. The molecule has 1 aromatic heterocycles. The molecule has 0 bridgehead atoms. The highest BCUT2D eigenvalue weighted by molar-refractivity contribution is 5.79. The predicted molar refractivity (Wildman–Crippen MR) is 103 cm³/mol. The van der Waals surface area contributed by atoms with E-state index in [0.29, 0.717) is 23.7 Å². The van der Waals surface area contributed by atoms with Gasteiger partial charge in [-0.05, 0) is 29.3 Å². The molecule has 3 aromatic rings. The van der Waals surface area contributed by atoms with E-state index in [1.807, 2.05) is 53.1 Å². The predicted octanol–water partition coefficient (Wildman–Crippen LogP) is 3.34. The maximum Gasteiger partial charge on any atom is 0.291 e. The molecule has 1 aliphatic heterocycles. The van der Waals surface area contributed by atoms with Crippen molar-refractivity contribution in [2.45, 2.75) is 13.0 Å². The number of anilines is 1. The molecule has 5 nitrogen and oxygen atoms in total. The van der Waals surface area contributed by atoms with E-state index in [0.717, 1.165) is 34.6 Å². The minimum atomic E-state index is 0.495. The summed E-state index contributed by atoms with van der Waals surface area (Å²) in [6.45, 7) is 0.716. The fourth-order valence-electron chi connectivity index (χ4n) is 3.72. The zero-order valence-electron chi connectivity index (χ0n) is 15.3. The Kier molecular flexibility index (Phi) is 4.17. The van der Waals surface area contributed by atoms with E-state index in [1.165, 1.54) is 5.56 Å². The number of nitrogens with two attached hydrogens (primary N) is 1. The van der Waals surface area contributed by atoms with Gasteiger partial charge in [-0.15, -0.1) is 0 Å². The van der Waals surface area contributed by atoms with Gasteiger partial charge in [-0.3, -0.25) is 5.73 Å². The second-order valence-corrected chi connectivity index (χ2v) is 6.45. The normalized spacial score (nSPS) is 11.9. The van der Waals surface area contributed by atoms with Gasteiger partial charge in [0.2, 0.25) is 0 Å². The topological polar surface area (TPSA) is 72.1 Å². The minimum absolute atomic E-state index is 0.495. The van der Waals surface area contributed by atoms with Crippen molar-refractivity contribution in [3.8, 4) is 40.0 Å². The molecule has 134 valence electrons. The summed E-state index contributed by atoms with van der Waals surface area (Å²) in [5.74, 6) is 1.89. The summed E-state index contributed by atoms with van der Waals surface area (Å²) in [5, 5.41) is 9.73. The largest absolute Gasteiger partial charge is 0.493 e. The van der Waals surface area contributed by atoms with Crippen LogP contribution in [0.15, 0.2) is 48.5 Å². The Bertz CT molecular complexity index is 1070. The average molecular weight is 358 g/mol. The zero-order valence-corrected chi connectivity index (χ0v) is 15.3. The summed E-state index contributed by atoms with van der Waals surface area (Å²) < 4.78 is 12.9.